The van der Waals surface area contributed by atoms with Gasteiger partial charge < -0.3 is 0 Å². The first-order valence-electron chi connectivity index (χ1n) is 4.56. The van der Waals surface area contributed by atoms with Crippen molar-refractivity contribution < 1.29 is 8.42 Å². The van der Waals surface area contributed by atoms with E-state index in [2.05, 4.69) is 15.9 Å². The molecule has 0 bridgehead atoms. The Kier molecular flexibility index (Phi) is 2.66. The largest absolute Gasteiger partial charge is 0.224 e. The summed E-state index contributed by atoms with van der Waals surface area (Å²) in [6.07, 6.45) is 2.13. The second-order valence-corrected chi connectivity index (χ2v) is 6.63. The third-order valence-corrected chi connectivity index (χ3v) is 4.68. The van der Waals surface area contributed by atoms with Gasteiger partial charge in [-0.15, -0.1) is 0 Å². The van der Waals surface area contributed by atoms with Crippen molar-refractivity contribution in [1.82, 2.24) is 0 Å². The van der Waals surface area contributed by atoms with Crippen molar-refractivity contribution in [3.05, 3.63) is 28.7 Å². The van der Waals surface area contributed by atoms with Crippen LogP contribution < -0.4 is 0 Å². The summed E-state index contributed by atoms with van der Waals surface area (Å²) in [5.74, 6) is 0.711. The summed E-state index contributed by atoms with van der Waals surface area (Å²) in [5.41, 5.74) is 0. The predicted molar refractivity (Wildman–Crippen MR) is 58.9 cm³/mol. The van der Waals surface area contributed by atoms with Crippen molar-refractivity contribution in [1.29, 1.82) is 0 Å². The maximum Gasteiger partial charge on any atom is 0.178 e. The molecule has 1 aliphatic carbocycles. The molecule has 1 fully saturated rings. The van der Waals surface area contributed by atoms with E-state index in [-0.39, 0.29) is 0 Å². The molecule has 0 heterocycles. The average molecular weight is 275 g/mol. The van der Waals surface area contributed by atoms with Crippen molar-refractivity contribution in [3.63, 3.8) is 0 Å². The summed E-state index contributed by atoms with van der Waals surface area (Å²) in [4.78, 5) is 0.429. The molecule has 0 spiro atoms. The van der Waals surface area contributed by atoms with E-state index in [1.807, 2.05) is 6.07 Å². The number of hydrogen-bond donors (Lipinski definition) is 0. The molecule has 0 unspecified atom stereocenters. The van der Waals surface area contributed by atoms with Gasteiger partial charge in [0.15, 0.2) is 9.84 Å². The highest BCUT2D eigenvalue weighted by Crippen LogP contribution is 2.32. The van der Waals surface area contributed by atoms with Crippen LogP contribution in [0.4, 0.5) is 0 Å². The first-order chi connectivity index (χ1) is 6.58. The van der Waals surface area contributed by atoms with E-state index >= 15 is 0 Å². The van der Waals surface area contributed by atoms with Gasteiger partial charge >= 0.3 is 0 Å². The van der Waals surface area contributed by atoms with Gasteiger partial charge in [-0.2, -0.15) is 0 Å². The monoisotopic (exact) mass is 274 g/mol. The van der Waals surface area contributed by atoms with Gasteiger partial charge in [-0.25, -0.2) is 8.42 Å². The molecule has 0 N–H and O–H groups in total. The van der Waals surface area contributed by atoms with Crippen molar-refractivity contribution in [2.24, 2.45) is 5.92 Å². The maximum atomic E-state index is 11.8. The van der Waals surface area contributed by atoms with Crippen LogP contribution in [0.5, 0.6) is 0 Å². The highest BCUT2D eigenvalue weighted by atomic mass is 79.9. The van der Waals surface area contributed by atoms with Gasteiger partial charge in [-0.3, -0.25) is 0 Å². The lowest BCUT2D eigenvalue weighted by molar-refractivity contribution is 0.592. The fraction of sp³-hybridized carbons (Fsp3) is 0.400. The summed E-state index contributed by atoms with van der Waals surface area (Å²) in [5, 5.41) is 0. The Morgan fingerprint density at radius 1 is 1.36 bits per heavy atom. The van der Waals surface area contributed by atoms with Crippen LogP contribution in [0.2, 0.25) is 0 Å². The Morgan fingerprint density at radius 3 is 2.64 bits per heavy atom. The zero-order valence-electron chi connectivity index (χ0n) is 7.61. The minimum atomic E-state index is -3.05. The summed E-state index contributed by atoms with van der Waals surface area (Å²) in [6, 6.07) is 6.90. The van der Waals surface area contributed by atoms with E-state index in [1.165, 1.54) is 0 Å². The van der Waals surface area contributed by atoms with Crippen LogP contribution in [0, 0.1) is 5.92 Å². The van der Waals surface area contributed by atoms with Gasteiger partial charge in [0.1, 0.15) is 0 Å². The first kappa shape index (κ1) is 10.2. The molecule has 0 radical (unpaired) electrons. The number of rotatable bonds is 3. The Bertz CT molecular complexity index is 435. The topological polar surface area (TPSA) is 34.1 Å². The molecule has 1 aliphatic rings. The van der Waals surface area contributed by atoms with Crippen molar-refractivity contribution in [2.75, 3.05) is 5.75 Å². The summed E-state index contributed by atoms with van der Waals surface area (Å²) in [7, 11) is -3.05. The molecule has 0 aliphatic heterocycles. The number of halogens is 1. The fourth-order valence-electron chi connectivity index (χ4n) is 1.35. The van der Waals surface area contributed by atoms with E-state index in [0.29, 0.717) is 16.6 Å². The quantitative estimate of drug-likeness (QED) is 0.849. The van der Waals surface area contributed by atoms with Crippen LogP contribution in [-0.2, 0) is 9.84 Å². The molecule has 76 valence electrons. The van der Waals surface area contributed by atoms with Crippen molar-refractivity contribution in [2.45, 2.75) is 17.7 Å². The van der Waals surface area contributed by atoms with E-state index in [1.54, 1.807) is 18.2 Å². The third kappa shape index (κ3) is 2.36. The Hall–Kier alpha value is -0.350. The van der Waals surface area contributed by atoms with Gasteiger partial charge in [0.2, 0.25) is 0 Å². The average Bonchev–Trinajstić information content (AvgIpc) is 2.87. The first-order valence-corrected chi connectivity index (χ1v) is 7.01. The molecule has 0 amide bonds. The minimum Gasteiger partial charge on any atom is -0.224 e. The maximum absolute atomic E-state index is 11.8. The zero-order valence-corrected chi connectivity index (χ0v) is 10.0. The van der Waals surface area contributed by atoms with Crippen molar-refractivity contribution >= 4 is 25.8 Å². The van der Waals surface area contributed by atoms with Crippen LogP contribution in [0.3, 0.4) is 0 Å². The van der Waals surface area contributed by atoms with Crippen LogP contribution in [0.25, 0.3) is 0 Å². The number of hydrogen-bond acceptors (Lipinski definition) is 2. The standard InChI is InChI=1S/C10H11BrO2S/c11-9-2-1-3-10(6-9)14(12,13)7-8-4-5-8/h1-3,6,8H,4-5,7H2. The molecule has 2 rings (SSSR count). The minimum absolute atomic E-state index is 0.309. The lowest BCUT2D eigenvalue weighted by atomic mass is 10.4. The van der Waals surface area contributed by atoms with Gasteiger partial charge in [0.25, 0.3) is 0 Å². The molecule has 4 heteroatoms. The van der Waals surface area contributed by atoms with E-state index < -0.39 is 9.84 Å². The second-order valence-electron chi connectivity index (χ2n) is 3.68. The molecule has 0 saturated heterocycles. The number of sulfone groups is 1. The van der Waals surface area contributed by atoms with Gasteiger partial charge in [0.05, 0.1) is 10.6 Å². The third-order valence-electron chi connectivity index (χ3n) is 2.31. The van der Waals surface area contributed by atoms with Gasteiger partial charge in [-0.05, 0) is 37.0 Å². The lowest BCUT2D eigenvalue weighted by Crippen LogP contribution is -2.08. The second kappa shape index (κ2) is 3.66. The molecule has 0 aromatic heterocycles. The smallest absolute Gasteiger partial charge is 0.178 e. The molecule has 2 nitrogen and oxygen atoms in total. The van der Waals surface area contributed by atoms with Crippen LogP contribution >= 0.6 is 15.9 Å². The molecule has 14 heavy (non-hydrogen) atoms. The van der Waals surface area contributed by atoms with Gasteiger partial charge in [0, 0.05) is 4.47 Å². The summed E-state index contributed by atoms with van der Waals surface area (Å²) in [6.45, 7) is 0. The molecule has 0 atom stereocenters. The van der Waals surface area contributed by atoms with Crippen LogP contribution in [-0.4, -0.2) is 14.2 Å². The Morgan fingerprint density at radius 2 is 2.07 bits per heavy atom. The fourth-order valence-corrected chi connectivity index (χ4v) is 3.64. The molecular weight excluding hydrogens is 264 g/mol. The highest BCUT2D eigenvalue weighted by molar-refractivity contribution is 9.10. The molecule has 1 saturated carbocycles. The summed E-state index contributed by atoms with van der Waals surface area (Å²) >= 11 is 3.27. The van der Waals surface area contributed by atoms with Gasteiger partial charge in [-0.1, -0.05) is 22.0 Å². The molecule has 1 aromatic carbocycles. The predicted octanol–water partition coefficient (Wildman–Crippen LogP) is 2.63. The van der Waals surface area contributed by atoms with E-state index in [9.17, 15) is 8.42 Å². The highest BCUT2D eigenvalue weighted by Gasteiger charge is 2.28. The van der Waals surface area contributed by atoms with Crippen molar-refractivity contribution in [3.8, 4) is 0 Å². The van der Waals surface area contributed by atoms with E-state index in [0.717, 1.165) is 17.3 Å². The van der Waals surface area contributed by atoms with E-state index in [4.69, 9.17) is 0 Å². The van der Waals surface area contributed by atoms with Crippen LogP contribution in [0.15, 0.2) is 33.6 Å². The number of benzene rings is 1. The normalized spacial score (nSPS) is 16.9. The molecular formula is C10H11BrO2S. The van der Waals surface area contributed by atoms with Crippen LogP contribution in [0.1, 0.15) is 12.8 Å². The summed E-state index contributed by atoms with van der Waals surface area (Å²) < 4.78 is 24.4. The Labute approximate surface area is 92.4 Å². The molecule has 1 aromatic rings. The SMILES string of the molecule is O=S(=O)(CC1CC1)c1cccc(Br)c1. The zero-order chi connectivity index (χ0) is 10.2. The lowest BCUT2D eigenvalue weighted by Gasteiger charge is -2.03. The Balaban J connectivity index is 2.28.